The van der Waals surface area contributed by atoms with Gasteiger partial charge in [0.25, 0.3) is 0 Å². The second-order valence-electron chi connectivity index (χ2n) is 5.09. The van der Waals surface area contributed by atoms with E-state index in [1.807, 2.05) is 48.2 Å². The van der Waals surface area contributed by atoms with Crippen molar-refractivity contribution in [2.75, 3.05) is 18.6 Å². The van der Waals surface area contributed by atoms with Gasteiger partial charge < -0.3 is 4.74 Å². The Bertz CT molecular complexity index is 589. The van der Waals surface area contributed by atoms with Gasteiger partial charge in [-0.05, 0) is 11.1 Å². The third-order valence-electron chi connectivity index (χ3n) is 3.89. The van der Waals surface area contributed by atoms with Crippen LogP contribution < -0.4 is 0 Å². The van der Waals surface area contributed by atoms with Crippen LogP contribution in [0.15, 0.2) is 60.7 Å². The Labute approximate surface area is 139 Å². The molecule has 1 heterocycles. The lowest BCUT2D eigenvalue weighted by Gasteiger charge is -2.42. The molecule has 0 amide bonds. The van der Waals surface area contributed by atoms with Crippen molar-refractivity contribution in [3.63, 3.8) is 0 Å². The molecule has 0 aliphatic carbocycles. The number of hydrogen-bond donors (Lipinski definition) is 0. The third kappa shape index (κ3) is 2.66. The summed E-state index contributed by atoms with van der Waals surface area (Å²) in [5, 5.41) is -0.235. The number of carbonyl (C=O) groups excluding carboxylic acids is 1. The molecule has 22 heavy (non-hydrogen) atoms. The van der Waals surface area contributed by atoms with Crippen LogP contribution in [0.4, 0.5) is 0 Å². The van der Waals surface area contributed by atoms with Crippen molar-refractivity contribution >= 4 is 29.5 Å². The molecule has 1 fully saturated rings. The van der Waals surface area contributed by atoms with Gasteiger partial charge in [-0.25, -0.2) is 0 Å². The Morgan fingerprint density at radius 2 is 1.55 bits per heavy atom. The fraction of sp³-hybridized carbons (Fsp3) is 0.278. The van der Waals surface area contributed by atoms with Gasteiger partial charge in [0.2, 0.25) is 0 Å². The minimum atomic E-state index is -0.390. The number of methoxy groups -OCH3 is 1. The molecule has 1 saturated heterocycles. The van der Waals surface area contributed by atoms with Gasteiger partial charge in [0.1, 0.15) is 5.25 Å². The second kappa shape index (κ2) is 6.80. The van der Waals surface area contributed by atoms with Gasteiger partial charge in [-0.2, -0.15) is 0 Å². The van der Waals surface area contributed by atoms with E-state index in [9.17, 15) is 4.79 Å². The summed E-state index contributed by atoms with van der Waals surface area (Å²) in [6.07, 6.45) is 0. The van der Waals surface area contributed by atoms with Crippen LogP contribution in [0.25, 0.3) is 0 Å². The number of thioether (sulfide) groups is 2. The number of esters is 1. The highest BCUT2D eigenvalue weighted by Gasteiger charge is 2.49. The largest absolute Gasteiger partial charge is 0.468 e. The molecule has 1 aliphatic heterocycles. The fourth-order valence-electron chi connectivity index (χ4n) is 2.91. The summed E-state index contributed by atoms with van der Waals surface area (Å²) in [4.78, 5) is 12.5. The van der Waals surface area contributed by atoms with Crippen LogP contribution in [0.3, 0.4) is 0 Å². The molecule has 2 nitrogen and oxygen atoms in total. The highest BCUT2D eigenvalue weighted by molar-refractivity contribution is 8.07. The molecule has 2 aromatic rings. The van der Waals surface area contributed by atoms with E-state index < -0.39 is 4.75 Å². The SMILES string of the molecule is COC(=O)C1SCCSC1(c1ccccc1)c1ccccc1. The highest BCUT2D eigenvalue weighted by atomic mass is 32.2. The first kappa shape index (κ1) is 15.5. The van der Waals surface area contributed by atoms with E-state index in [-0.39, 0.29) is 11.2 Å². The van der Waals surface area contributed by atoms with Gasteiger partial charge in [0, 0.05) is 11.5 Å². The number of carbonyl (C=O) groups is 1. The molecule has 0 saturated carbocycles. The fourth-order valence-corrected chi connectivity index (χ4v) is 6.19. The maximum Gasteiger partial charge on any atom is 0.320 e. The average Bonchev–Trinajstić information content (AvgIpc) is 2.62. The van der Waals surface area contributed by atoms with Crippen molar-refractivity contribution < 1.29 is 9.53 Å². The molecule has 1 aliphatic rings. The Morgan fingerprint density at radius 1 is 1.00 bits per heavy atom. The predicted octanol–water partition coefficient (Wildman–Crippen LogP) is 3.95. The van der Waals surface area contributed by atoms with Gasteiger partial charge in [0.15, 0.2) is 0 Å². The number of rotatable bonds is 3. The van der Waals surface area contributed by atoms with E-state index in [2.05, 4.69) is 24.3 Å². The molecule has 0 aromatic heterocycles. The summed E-state index contributed by atoms with van der Waals surface area (Å²) in [5.41, 5.74) is 2.32. The van der Waals surface area contributed by atoms with Gasteiger partial charge in [-0.15, -0.1) is 23.5 Å². The van der Waals surface area contributed by atoms with Crippen LogP contribution in [0, 0.1) is 0 Å². The highest BCUT2D eigenvalue weighted by Crippen LogP contribution is 2.53. The monoisotopic (exact) mass is 330 g/mol. The summed E-state index contributed by atoms with van der Waals surface area (Å²) < 4.78 is 4.72. The van der Waals surface area contributed by atoms with Crippen molar-refractivity contribution in [1.82, 2.24) is 0 Å². The lowest BCUT2D eigenvalue weighted by molar-refractivity contribution is -0.140. The van der Waals surface area contributed by atoms with Crippen LogP contribution in [0.2, 0.25) is 0 Å². The topological polar surface area (TPSA) is 26.3 Å². The van der Waals surface area contributed by atoms with Crippen molar-refractivity contribution in [2.45, 2.75) is 10.00 Å². The molecule has 4 heteroatoms. The third-order valence-corrected chi connectivity index (χ3v) is 7.18. The molecule has 0 bridgehead atoms. The summed E-state index contributed by atoms with van der Waals surface area (Å²) in [7, 11) is 1.48. The first-order valence-electron chi connectivity index (χ1n) is 7.23. The van der Waals surface area contributed by atoms with Gasteiger partial charge in [-0.3, -0.25) is 4.79 Å². The summed E-state index contributed by atoms with van der Waals surface area (Å²) in [6.45, 7) is 0. The lowest BCUT2D eigenvalue weighted by atomic mass is 9.87. The van der Waals surface area contributed by atoms with Crippen molar-refractivity contribution in [1.29, 1.82) is 0 Å². The molecular formula is C18H18O2S2. The van der Waals surface area contributed by atoms with Crippen LogP contribution in [-0.2, 0) is 14.3 Å². The molecule has 0 radical (unpaired) electrons. The van der Waals surface area contributed by atoms with Crippen LogP contribution >= 0.6 is 23.5 Å². The number of hydrogen-bond acceptors (Lipinski definition) is 4. The Hall–Kier alpha value is -1.39. The zero-order valence-corrected chi connectivity index (χ0v) is 14.0. The van der Waals surface area contributed by atoms with E-state index in [1.54, 1.807) is 11.8 Å². The minimum absolute atomic E-state index is 0.148. The Balaban J connectivity index is 2.20. The van der Waals surface area contributed by atoms with E-state index in [4.69, 9.17) is 4.74 Å². The first-order chi connectivity index (χ1) is 10.8. The zero-order valence-electron chi connectivity index (χ0n) is 12.4. The molecule has 0 N–H and O–H groups in total. The van der Waals surface area contributed by atoms with E-state index in [0.29, 0.717) is 0 Å². The minimum Gasteiger partial charge on any atom is -0.468 e. The Kier molecular flexibility index (Phi) is 4.79. The predicted molar refractivity (Wildman–Crippen MR) is 94.4 cm³/mol. The molecule has 1 atom stereocenters. The molecule has 2 aromatic carbocycles. The maximum absolute atomic E-state index is 12.5. The molecule has 1 unspecified atom stereocenters. The summed E-state index contributed by atoms with van der Waals surface area (Å²) >= 11 is 3.54. The molecule has 0 spiro atoms. The molecule has 3 rings (SSSR count). The van der Waals surface area contributed by atoms with E-state index in [0.717, 1.165) is 22.6 Å². The number of benzene rings is 2. The quantitative estimate of drug-likeness (QED) is 0.796. The standard InChI is InChI=1S/C18H18O2S2/c1-20-17(19)16-18(22-13-12-21-16,14-8-4-2-5-9-14)15-10-6-3-7-11-15/h2-11,16H,12-13H2,1H3. The van der Waals surface area contributed by atoms with Crippen molar-refractivity contribution in [3.05, 3.63) is 71.8 Å². The molecule has 114 valence electrons. The lowest BCUT2D eigenvalue weighted by Crippen LogP contribution is -2.44. The number of ether oxygens (including phenoxy) is 1. The van der Waals surface area contributed by atoms with Gasteiger partial charge >= 0.3 is 5.97 Å². The summed E-state index contributed by atoms with van der Waals surface area (Å²) in [6, 6.07) is 20.6. The Morgan fingerprint density at radius 3 is 2.05 bits per heavy atom. The van der Waals surface area contributed by atoms with Crippen molar-refractivity contribution in [3.8, 4) is 0 Å². The van der Waals surface area contributed by atoms with Crippen molar-refractivity contribution in [2.24, 2.45) is 0 Å². The van der Waals surface area contributed by atoms with Crippen LogP contribution in [0.1, 0.15) is 11.1 Å². The molecular weight excluding hydrogens is 312 g/mol. The normalized spacial score (nSPS) is 20.3. The average molecular weight is 330 g/mol. The van der Waals surface area contributed by atoms with Crippen LogP contribution in [0.5, 0.6) is 0 Å². The second-order valence-corrected chi connectivity index (χ2v) is 7.64. The maximum atomic E-state index is 12.5. The van der Waals surface area contributed by atoms with Crippen LogP contribution in [-0.4, -0.2) is 29.8 Å². The zero-order chi connectivity index (χ0) is 15.4. The van der Waals surface area contributed by atoms with Gasteiger partial charge in [0.05, 0.1) is 11.9 Å². The smallest absolute Gasteiger partial charge is 0.320 e. The van der Waals surface area contributed by atoms with Gasteiger partial charge in [-0.1, -0.05) is 60.7 Å². The summed E-state index contributed by atoms with van der Waals surface area (Å²) in [5.74, 6) is 1.83. The first-order valence-corrected chi connectivity index (χ1v) is 9.27. The van der Waals surface area contributed by atoms with E-state index in [1.165, 1.54) is 7.11 Å². The van der Waals surface area contributed by atoms with E-state index >= 15 is 0 Å².